The fourth-order valence-corrected chi connectivity index (χ4v) is 4.99. The highest BCUT2D eigenvalue weighted by atomic mass is 32.2. The lowest BCUT2D eigenvalue weighted by Crippen LogP contribution is -2.46. The summed E-state index contributed by atoms with van der Waals surface area (Å²) in [7, 11) is -3.34. The van der Waals surface area contributed by atoms with Crippen molar-refractivity contribution < 1.29 is 8.42 Å². The molecular formula is C15H26N2O2S2. The Morgan fingerprint density at radius 3 is 2.57 bits per heavy atom. The fourth-order valence-electron chi connectivity index (χ4n) is 2.88. The number of hydrogen-bond donors (Lipinski definition) is 1. The van der Waals surface area contributed by atoms with Crippen LogP contribution in [0.25, 0.3) is 0 Å². The molecule has 120 valence electrons. The zero-order chi connectivity index (χ0) is 15.3. The highest BCUT2D eigenvalue weighted by Crippen LogP contribution is 2.19. The normalized spacial score (nSPS) is 19.0. The maximum atomic E-state index is 12.2. The number of hydrogen-bond acceptors (Lipinski definition) is 4. The maximum Gasteiger partial charge on any atom is 0.250 e. The summed E-state index contributed by atoms with van der Waals surface area (Å²) in [4.78, 5) is 2.46. The number of nitrogens with one attached hydrogen (secondary N) is 1. The first-order chi connectivity index (χ1) is 9.99. The lowest BCUT2D eigenvalue weighted by atomic mass is 10.00. The number of piperidine rings is 1. The average Bonchev–Trinajstić information content (AvgIpc) is 2.99. The molecule has 6 heteroatoms. The molecule has 4 nitrogen and oxygen atoms in total. The van der Waals surface area contributed by atoms with Crippen molar-refractivity contribution in [3.63, 3.8) is 0 Å². The van der Waals surface area contributed by atoms with Crippen LogP contribution in [0.4, 0.5) is 0 Å². The van der Waals surface area contributed by atoms with E-state index in [0.717, 1.165) is 19.5 Å². The molecule has 1 aliphatic rings. The van der Waals surface area contributed by atoms with Gasteiger partial charge in [0, 0.05) is 12.6 Å². The van der Waals surface area contributed by atoms with Crippen molar-refractivity contribution in [2.45, 2.75) is 49.8 Å². The van der Waals surface area contributed by atoms with Crippen LogP contribution >= 0.6 is 11.3 Å². The van der Waals surface area contributed by atoms with Gasteiger partial charge in [-0.1, -0.05) is 26.3 Å². The summed E-state index contributed by atoms with van der Waals surface area (Å²) in [6.45, 7) is 7.10. The SMILES string of the molecule is CC(C)CC(CNS(=O)(=O)c1cccs1)N1CCCCC1. The van der Waals surface area contributed by atoms with Gasteiger partial charge in [0.15, 0.2) is 0 Å². The lowest BCUT2D eigenvalue weighted by Gasteiger charge is -2.35. The van der Waals surface area contributed by atoms with Gasteiger partial charge in [-0.15, -0.1) is 11.3 Å². The minimum Gasteiger partial charge on any atom is -0.299 e. The molecule has 21 heavy (non-hydrogen) atoms. The Morgan fingerprint density at radius 2 is 2.00 bits per heavy atom. The Balaban J connectivity index is 1.98. The third kappa shape index (κ3) is 5.06. The molecule has 0 bridgehead atoms. The molecule has 1 aromatic heterocycles. The minimum absolute atomic E-state index is 0.306. The van der Waals surface area contributed by atoms with E-state index >= 15 is 0 Å². The molecule has 0 radical (unpaired) electrons. The smallest absolute Gasteiger partial charge is 0.250 e. The van der Waals surface area contributed by atoms with Gasteiger partial charge in [-0.3, -0.25) is 4.90 Å². The number of nitrogens with zero attached hydrogens (tertiary/aromatic N) is 1. The Bertz CT molecular complexity index is 506. The third-order valence-electron chi connectivity index (χ3n) is 3.92. The van der Waals surface area contributed by atoms with Crippen LogP contribution in [0.15, 0.2) is 21.7 Å². The third-order valence-corrected chi connectivity index (χ3v) is 6.74. The van der Waals surface area contributed by atoms with Crippen molar-refractivity contribution in [3.05, 3.63) is 17.5 Å². The van der Waals surface area contributed by atoms with E-state index in [9.17, 15) is 8.42 Å². The van der Waals surface area contributed by atoms with E-state index in [1.165, 1.54) is 30.6 Å². The average molecular weight is 331 g/mol. The molecule has 1 fully saturated rings. The van der Waals surface area contributed by atoms with Crippen LogP contribution < -0.4 is 4.72 Å². The topological polar surface area (TPSA) is 49.4 Å². The monoisotopic (exact) mass is 330 g/mol. The van der Waals surface area contributed by atoms with Crippen molar-refractivity contribution in [3.8, 4) is 0 Å². The predicted molar refractivity (Wildman–Crippen MR) is 88.2 cm³/mol. The molecule has 1 saturated heterocycles. The summed E-state index contributed by atoms with van der Waals surface area (Å²) < 4.78 is 27.7. The van der Waals surface area contributed by atoms with E-state index < -0.39 is 10.0 Å². The van der Waals surface area contributed by atoms with Crippen LogP contribution in [0.3, 0.4) is 0 Å². The fraction of sp³-hybridized carbons (Fsp3) is 0.733. The predicted octanol–water partition coefficient (Wildman–Crippen LogP) is 2.93. The van der Waals surface area contributed by atoms with Crippen molar-refractivity contribution in [2.75, 3.05) is 19.6 Å². The summed E-state index contributed by atoms with van der Waals surface area (Å²) in [5.74, 6) is 0.572. The van der Waals surface area contributed by atoms with Gasteiger partial charge in [0.1, 0.15) is 4.21 Å². The molecule has 0 spiro atoms. The van der Waals surface area contributed by atoms with Crippen LogP contribution in [0.2, 0.25) is 0 Å². The molecular weight excluding hydrogens is 304 g/mol. The first-order valence-corrected chi connectivity index (χ1v) is 10.1. The minimum atomic E-state index is -3.34. The van der Waals surface area contributed by atoms with Crippen molar-refractivity contribution in [2.24, 2.45) is 5.92 Å². The van der Waals surface area contributed by atoms with Crippen LogP contribution in [0.5, 0.6) is 0 Å². The second kappa shape index (κ2) is 7.72. The molecule has 1 atom stereocenters. The summed E-state index contributed by atoms with van der Waals surface area (Å²) in [5.41, 5.74) is 0. The van der Waals surface area contributed by atoms with Crippen LogP contribution in [-0.4, -0.2) is 39.0 Å². The zero-order valence-corrected chi connectivity index (χ0v) is 14.5. The summed E-state index contributed by atoms with van der Waals surface area (Å²) in [6.07, 6.45) is 4.79. The molecule has 0 aliphatic carbocycles. The number of likely N-dealkylation sites (tertiary alicyclic amines) is 1. The van der Waals surface area contributed by atoms with Crippen LogP contribution in [-0.2, 0) is 10.0 Å². The van der Waals surface area contributed by atoms with Gasteiger partial charge in [-0.05, 0) is 49.7 Å². The van der Waals surface area contributed by atoms with E-state index in [0.29, 0.717) is 22.7 Å². The van der Waals surface area contributed by atoms with Gasteiger partial charge in [0.25, 0.3) is 0 Å². The van der Waals surface area contributed by atoms with Gasteiger partial charge < -0.3 is 0 Å². The first-order valence-electron chi connectivity index (χ1n) is 7.76. The highest BCUT2D eigenvalue weighted by molar-refractivity contribution is 7.91. The standard InChI is InChI=1S/C15H26N2O2S2/c1-13(2)11-14(17-8-4-3-5-9-17)12-16-21(18,19)15-7-6-10-20-15/h6-7,10,13-14,16H,3-5,8-9,11-12H2,1-2H3. The number of rotatable bonds is 7. The molecule has 1 N–H and O–H groups in total. The largest absolute Gasteiger partial charge is 0.299 e. The van der Waals surface area contributed by atoms with E-state index in [2.05, 4.69) is 23.5 Å². The van der Waals surface area contributed by atoms with Gasteiger partial charge >= 0.3 is 0 Å². The zero-order valence-electron chi connectivity index (χ0n) is 12.9. The Labute approximate surface area is 132 Å². The molecule has 0 aromatic carbocycles. The molecule has 1 unspecified atom stereocenters. The first kappa shape index (κ1) is 16.9. The van der Waals surface area contributed by atoms with Crippen molar-refractivity contribution in [1.82, 2.24) is 9.62 Å². The van der Waals surface area contributed by atoms with Gasteiger partial charge in [-0.2, -0.15) is 0 Å². The number of thiophene rings is 1. The Morgan fingerprint density at radius 1 is 1.29 bits per heavy atom. The molecule has 0 saturated carbocycles. The summed E-state index contributed by atoms with van der Waals surface area (Å²) in [5, 5.41) is 1.80. The molecule has 2 heterocycles. The van der Waals surface area contributed by atoms with Gasteiger partial charge in [-0.25, -0.2) is 13.1 Å². The Hall–Kier alpha value is -0.430. The molecule has 1 aliphatic heterocycles. The van der Waals surface area contributed by atoms with Crippen molar-refractivity contribution in [1.29, 1.82) is 0 Å². The van der Waals surface area contributed by atoms with Gasteiger partial charge in [0.05, 0.1) is 0 Å². The van der Waals surface area contributed by atoms with E-state index in [1.807, 2.05) is 0 Å². The Kier molecular flexibility index (Phi) is 6.22. The quantitative estimate of drug-likeness (QED) is 0.836. The van der Waals surface area contributed by atoms with Crippen molar-refractivity contribution >= 4 is 21.4 Å². The number of sulfonamides is 1. The lowest BCUT2D eigenvalue weighted by molar-refractivity contribution is 0.146. The summed E-state index contributed by atoms with van der Waals surface area (Å²) in [6, 6.07) is 3.74. The molecule has 2 rings (SSSR count). The van der Waals surface area contributed by atoms with Gasteiger partial charge in [0.2, 0.25) is 10.0 Å². The van der Waals surface area contributed by atoms with Crippen LogP contribution in [0, 0.1) is 5.92 Å². The maximum absolute atomic E-state index is 12.2. The van der Waals surface area contributed by atoms with E-state index in [1.54, 1.807) is 17.5 Å². The van der Waals surface area contributed by atoms with Crippen LogP contribution in [0.1, 0.15) is 39.5 Å². The summed E-state index contributed by atoms with van der Waals surface area (Å²) >= 11 is 1.27. The van der Waals surface area contributed by atoms with E-state index in [-0.39, 0.29) is 0 Å². The second-order valence-corrected chi connectivity index (χ2v) is 9.11. The van der Waals surface area contributed by atoms with E-state index in [4.69, 9.17) is 0 Å². The highest BCUT2D eigenvalue weighted by Gasteiger charge is 2.24. The molecule has 1 aromatic rings. The molecule has 0 amide bonds. The second-order valence-electron chi connectivity index (χ2n) is 6.16.